The average Bonchev–Trinajstić information content (AvgIpc) is 2.96. The van der Waals surface area contributed by atoms with Gasteiger partial charge in [0.15, 0.2) is 0 Å². The molecule has 1 aromatic carbocycles. The fourth-order valence-electron chi connectivity index (χ4n) is 5.14. The summed E-state index contributed by atoms with van der Waals surface area (Å²) in [6.07, 6.45) is 7.20. The van der Waals surface area contributed by atoms with E-state index in [2.05, 4.69) is 25.1 Å². The molecule has 1 amide bonds. The lowest BCUT2D eigenvalue weighted by atomic mass is 9.96. The smallest absolute Gasteiger partial charge is 0.316 e. The number of carbonyl (C=O) groups is 1. The van der Waals surface area contributed by atoms with E-state index in [1.54, 1.807) is 0 Å². The number of benzene rings is 1. The summed E-state index contributed by atoms with van der Waals surface area (Å²) in [5.41, 5.74) is 2.37. The van der Waals surface area contributed by atoms with E-state index in [0.717, 1.165) is 61.3 Å². The third-order valence-corrected chi connectivity index (χ3v) is 7.60. The molecule has 2 aliphatic heterocycles. The SMILES string of the molecule is O=C(NCC(c1cnc(OC2CCC2)nc1)N1CCOCC1)c1cccc2nc(N3CCOCC3)ccc12. The Hall–Kier alpha value is -3.34. The minimum atomic E-state index is -0.124. The molecule has 1 atom stereocenters. The van der Waals surface area contributed by atoms with E-state index in [-0.39, 0.29) is 18.1 Å². The average molecular weight is 519 g/mol. The van der Waals surface area contributed by atoms with Gasteiger partial charge in [0, 0.05) is 61.6 Å². The summed E-state index contributed by atoms with van der Waals surface area (Å²) < 4.78 is 16.9. The molecule has 200 valence electrons. The Morgan fingerprint density at radius 3 is 2.45 bits per heavy atom. The number of ether oxygens (including phenoxy) is 3. The molecule has 0 bridgehead atoms. The third-order valence-electron chi connectivity index (χ3n) is 7.60. The molecule has 10 nitrogen and oxygen atoms in total. The van der Waals surface area contributed by atoms with Gasteiger partial charge in [0.2, 0.25) is 0 Å². The Morgan fingerprint density at radius 2 is 1.74 bits per heavy atom. The summed E-state index contributed by atoms with van der Waals surface area (Å²) in [5.74, 6) is 0.788. The van der Waals surface area contributed by atoms with E-state index in [4.69, 9.17) is 19.2 Å². The summed E-state index contributed by atoms with van der Waals surface area (Å²) in [6, 6.07) is 10.0. The van der Waals surface area contributed by atoms with E-state index in [0.29, 0.717) is 44.5 Å². The summed E-state index contributed by atoms with van der Waals surface area (Å²) in [7, 11) is 0. The van der Waals surface area contributed by atoms with E-state index < -0.39 is 0 Å². The van der Waals surface area contributed by atoms with E-state index in [1.165, 1.54) is 6.42 Å². The van der Waals surface area contributed by atoms with Crippen molar-refractivity contribution in [2.75, 3.05) is 64.1 Å². The predicted octanol–water partition coefficient (Wildman–Crippen LogP) is 2.60. The van der Waals surface area contributed by atoms with Gasteiger partial charge in [0.05, 0.1) is 38.0 Å². The van der Waals surface area contributed by atoms with Crippen LogP contribution in [0.2, 0.25) is 0 Å². The van der Waals surface area contributed by atoms with Gasteiger partial charge in [0.25, 0.3) is 5.91 Å². The van der Waals surface area contributed by atoms with Gasteiger partial charge in [-0.3, -0.25) is 9.69 Å². The van der Waals surface area contributed by atoms with Crippen LogP contribution in [0.25, 0.3) is 10.9 Å². The summed E-state index contributed by atoms with van der Waals surface area (Å²) in [6.45, 7) is 6.36. The number of amides is 1. The maximum absolute atomic E-state index is 13.4. The van der Waals surface area contributed by atoms with Crippen LogP contribution in [-0.2, 0) is 9.47 Å². The van der Waals surface area contributed by atoms with Gasteiger partial charge in [-0.05, 0) is 43.5 Å². The minimum absolute atomic E-state index is 0.0679. The van der Waals surface area contributed by atoms with Crippen LogP contribution in [0.15, 0.2) is 42.7 Å². The van der Waals surface area contributed by atoms with Crippen molar-refractivity contribution >= 4 is 22.6 Å². The maximum atomic E-state index is 13.4. The molecule has 2 aromatic heterocycles. The minimum Gasteiger partial charge on any atom is -0.460 e. The van der Waals surface area contributed by atoms with Crippen molar-refractivity contribution in [3.8, 4) is 6.01 Å². The van der Waals surface area contributed by atoms with Crippen molar-refractivity contribution in [2.45, 2.75) is 31.4 Å². The third kappa shape index (κ3) is 5.57. The van der Waals surface area contributed by atoms with Crippen molar-refractivity contribution in [2.24, 2.45) is 0 Å². The topological polar surface area (TPSA) is 102 Å². The number of nitrogens with one attached hydrogen (secondary N) is 1. The molecule has 3 fully saturated rings. The van der Waals surface area contributed by atoms with Crippen LogP contribution in [0.5, 0.6) is 6.01 Å². The fraction of sp³-hybridized carbons (Fsp3) is 0.500. The first-order valence-electron chi connectivity index (χ1n) is 13.6. The molecule has 1 unspecified atom stereocenters. The molecule has 0 spiro atoms. The highest BCUT2D eigenvalue weighted by Crippen LogP contribution is 2.26. The zero-order valence-corrected chi connectivity index (χ0v) is 21.6. The number of nitrogens with zero attached hydrogens (tertiary/aromatic N) is 5. The molecular weight excluding hydrogens is 484 g/mol. The number of fused-ring (bicyclic) bond motifs is 1. The van der Waals surface area contributed by atoms with Crippen molar-refractivity contribution in [1.82, 2.24) is 25.2 Å². The summed E-state index contributed by atoms with van der Waals surface area (Å²) >= 11 is 0. The lowest BCUT2D eigenvalue weighted by Crippen LogP contribution is -2.44. The quantitative estimate of drug-likeness (QED) is 0.482. The normalized spacial score (nSPS) is 19.6. The van der Waals surface area contributed by atoms with Gasteiger partial charge >= 0.3 is 6.01 Å². The monoisotopic (exact) mass is 518 g/mol. The van der Waals surface area contributed by atoms with Crippen molar-refractivity contribution < 1.29 is 19.0 Å². The fourth-order valence-corrected chi connectivity index (χ4v) is 5.14. The highest BCUT2D eigenvalue weighted by Gasteiger charge is 2.26. The summed E-state index contributed by atoms with van der Waals surface area (Å²) in [4.78, 5) is 31.7. The van der Waals surface area contributed by atoms with Crippen LogP contribution in [0.1, 0.15) is 41.2 Å². The molecule has 1 saturated carbocycles. The molecular formula is C28H34N6O4. The van der Waals surface area contributed by atoms with Gasteiger partial charge in [-0.2, -0.15) is 0 Å². The lowest BCUT2D eigenvalue weighted by Gasteiger charge is -2.34. The Morgan fingerprint density at radius 1 is 1.00 bits per heavy atom. The van der Waals surface area contributed by atoms with Crippen LogP contribution in [-0.4, -0.2) is 91.0 Å². The number of morpholine rings is 2. The molecule has 38 heavy (non-hydrogen) atoms. The number of carbonyl (C=O) groups excluding carboxylic acids is 1. The Balaban J connectivity index is 1.17. The highest BCUT2D eigenvalue weighted by atomic mass is 16.5. The second-order valence-electron chi connectivity index (χ2n) is 9.99. The van der Waals surface area contributed by atoms with Gasteiger partial charge < -0.3 is 24.4 Å². The van der Waals surface area contributed by atoms with Crippen LogP contribution >= 0.6 is 0 Å². The van der Waals surface area contributed by atoms with Crippen LogP contribution in [0.3, 0.4) is 0 Å². The lowest BCUT2D eigenvalue weighted by molar-refractivity contribution is 0.0160. The standard InChI is InChI=1S/C28H34N6O4/c35-27(23-5-2-6-24-22(23)7-8-26(32-24)34-11-15-37-16-12-34)29-19-25(33-9-13-36-14-10-33)20-17-30-28(31-18-20)38-21-3-1-4-21/h2,5-8,17-18,21,25H,1,3-4,9-16,19H2,(H,29,35). The van der Waals surface area contributed by atoms with Crippen LogP contribution in [0, 0.1) is 0 Å². The number of hydrogen-bond acceptors (Lipinski definition) is 9. The van der Waals surface area contributed by atoms with Gasteiger partial charge in [-0.25, -0.2) is 15.0 Å². The van der Waals surface area contributed by atoms with Gasteiger partial charge in [0.1, 0.15) is 11.9 Å². The maximum Gasteiger partial charge on any atom is 0.316 e. The molecule has 1 N–H and O–H groups in total. The molecule has 0 radical (unpaired) electrons. The zero-order valence-electron chi connectivity index (χ0n) is 21.6. The molecule has 3 aliphatic rings. The number of hydrogen-bond donors (Lipinski definition) is 1. The first-order valence-corrected chi connectivity index (χ1v) is 13.6. The first kappa shape index (κ1) is 25.0. The molecule has 4 heterocycles. The molecule has 6 rings (SSSR count). The summed E-state index contributed by atoms with van der Waals surface area (Å²) in [5, 5.41) is 4.01. The zero-order chi connectivity index (χ0) is 25.7. The van der Waals surface area contributed by atoms with Crippen LogP contribution < -0.4 is 15.0 Å². The predicted molar refractivity (Wildman–Crippen MR) is 143 cm³/mol. The Labute approximate surface area is 222 Å². The Bertz CT molecular complexity index is 1240. The highest BCUT2D eigenvalue weighted by molar-refractivity contribution is 6.06. The molecule has 1 aliphatic carbocycles. The largest absolute Gasteiger partial charge is 0.460 e. The number of aromatic nitrogens is 3. The second-order valence-corrected chi connectivity index (χ2v) is 9.99. The van der Waals surface area contributed by atoms with Gasteiger partial charge in [-0.15, -0.1) is 0 Å². The van der Waals surface area contributed by atoms with Crippen molar-refractivity contribution in [1.29, 1.82) is 0 Å². The van der Waals surface area contributed by atoms with Crippen molar-refractivity contribution in [3.05, 3.63) is 53.9 Å². The van der Waals surface area contributed by atoms with E-state index >= 15 is 0 Å². The van der Waals surface area contributed by atoms with Crippen LogP contribution in [0.4, 0.5) is 5.82 Å². The second kappa shape index (κ2) is 11.6. The van der Waals surface area contributed by atoms with E-state index in [9.17, 15) is 4.79 Å². The molecule has 10 heteroatoms. The molecule has 3 aromatic rings. The number of rotatable bonds is 8. The molecule has 2 saturated heterocycles. The van der Waals surface area contributed by atoms with Gasteiger partial charge in [-0.1, -0.05) is 6.07 Å². The number of pyridine rings is 1. The Kier molecular flexibility index (Phi) is 7.61. The van der Waals surface area contributed by atoms with E-state index in [1.807, 2.05) is 42.7 Å². The number of anilines is 1. The first-order chi connectivity index (χ1) is 18.7. The van der Waals surface area contributed by atoms with Crippen molar-refractivity contribution in [3.63, 3.8) is 0 Å².